The van der Waals surface area contributed by atoms with Crippen LogP contribution in [-0.4, -0.2) is 32.5 Å². The number of rotatable bonds is 7. The fourth-order valence-corrected chi connectivity index (χ4v) is 3.92. The van der Waals surface area contributed by atoms with Crippen LogP contribution in [0.2, 0.25) is 5.02 Å². The summed E-state index contributed by atoms with van der Waals surface area (Å²) in [5.74, 6) is 0.126. The van der Waals surface area contributed by atoms with Gasteiger partial charge in [-0.2, -0.15) is 5.10 Å². The van der Waals surface area contributed by atoms with Crippen LogP contribution in [0.5, 0.6) is 5.75 Å². The Kier molecular flexibility index (Phi) is 6.54. The van der Waals surface area contributed by atoms with E-state index in [0.717, 1.165) is 27.3 Å². The lowest BCUT2D eigenvalue weighted by Crippen LogP contribution is -2.20. The van der Waals surface area contributed by atoms with Crippen molar-refractivity contribution in [2.45, 2.75) is 11.7 Å². The van der Waals surface area contributed by atoms with Gasteiger partial charge in [0.1, 0.15) is 5.75 Å². The summed E-state index contributed by atoms with van der Waals surface area (Å²) in [6.45, 7) is 0.626. The lowest BCUT2D eigenvalue weighted by Gasteiger charge is -2.09. The quantitative estimate of drug-likeness (QED) is 0.243. The summed E-state index contributed by atoms with van der Waals surface area (Å²) in [7, 11) is 0. The van der Waals surface area contributed by atoms with Crippen molar-refractivity contribution in [1.29, 1.82) is 0 Å². The van der Waals surface area contributed by atoms with E-state index >= 15 is 0 Å². The Labute approximate surface area is 188 Å². The maximum absolute atomic E-state index is 12.2. The summed E-state index contributed by atoms with van der Waals surface area (Å²) in [6, 6.07) is 22.1. The predicted molar refractivity (Wildman–Crippen MR) is 125 cm³/mol. The van der Waals surface area contributed by atoms with Gasteiger partial charge in [-0.05, 0) is 59.7 Å². The second-order valence-corrected chi connectivity index (χ2v) is 8.15. The summed E-state index contributed by atoms with van der Waals surface area (Å²) in [4.78, 5) is 16.9. The Bertz CT molecular complexity index is 1220. The van der Waals surface area contributed by atoms with Crippen molar-refractivity contribution in [1.82, 2.24) is 15.0 Å². The van der Waals surface area contributed by atoms with Crippen molar-refractivity contribution in [3.63, 3.8) is 0 Å². The lowest BCUT2D eigenvalue weighted by atomic mass is 10.2. The number of imidazole rings is 1. The molecular formula is C23H19ClN4O2S. The number of carbonyl (C=O) groups excluding carboxylic acids is 1. The zero-order valence-electron chi connectivity index (χ0n) is 16.4. The minimum Gasteiger partial charge on any atom is -0.508 e. The first kappa shape index (κ1) is 21.0. The van der Waals surface area contributed by atoms with Crippen molar-refractivity contribution in [3.05, 3.63) is 88.9 Å². The molecule has 4 aromatic rings. The third-order valence-electron chi connectivity index (χ3n) is 4.50. The molecule has 0 saturated carbocycles. The first-order valence-electron chi connectivity index (χ1n) is 9.52. The van der Waals surface area contributed by atoms with Gasteiger partial charge in [-0.1, -0.05) is 47.6 Å². The van der Waals surface area contributed by atoms with E-state index in [4.69, 9.17) is 16.6 Å². The Balaban J connectivity index is 1.44. The highest BCUT2D eigenvalue weighted by atomic mass is 35.5. The van der Waals surface area contributed by atoms with Crippen molar-refractivity contribution in [2.24, 2.45) is 5.10 Å². The minimum atomic E-state index is -0.231. The predicted octanol–water partition coefficient (Wildman–Crippen LogP) is 4.69. The molecule has 8 heteroatoms. The Hall–Kier alpha value is -3.29. The number of fused-ring (bicyclic) bond motifs is 1. The molecular weight excluding hydrogens is 432 g/mol. The van der Waals surface area contributed by atoms with E-state index in [2.05, 4.69) is 15.1 Å². The Morgan fingerprint density at radius 3 is 2.61 bits per heavy atom. The molecule has 1 aromatic heterocycles. The second-order valence-electron chi connectivity index (χ2n) is 6.77. The van der Waals surface area contributed by atoms with Crippen molar-refractivity contribution in [3.8, 4) is 5.75 Å². The van der Waals surface area contributed by atoms with Crippen LogP contribution in [-0.2, 0) is 11.3 Å². The highest BCUT2D eigenvalue weighted by Crippen LogP contribution is 2.25. The first-order chi connectivity index (χ1) is 15.1. The molecule has 6 nitrogen and oxygen atoms in total. The maximum Gasteiger partial charge on any atom is 0.250 e. The molecule has 0 aliphatic carbocycles. The second kappa shape index (κ2) is 9.68. The number of nitrogens with zero attached hydrogens (tertiary/aromatic N) is 3. The van der Waals surface area contributed by atoms with Crippen LogP contribution >= 0.6 is 23.4 Å². The number of carbonyl (C=O) groups is 1. The SMILES string of the molecule is O=C(CSc1nc2ccccc2n1Cc1ccc(Cl)cc1)N/N=C/c1ccc(O)cc1. The highest BCUT2D eigenvalue weighted by molar-refractivity contribution is 7.99. The van der Waals surface area contributed by atoms with Crippen molar-refractivity contribution < 1.29 is 9.90 Å². The van der Waals surface area contributed by atoms with Gasteiger partial charge in [-0.15, -0.1) is 0 Å². The van der Waals surface area contributed by atoms with E-state index in [9.17, 15) is 9.90 Å². The van der Waals surface area contributed by atoms with Gasteiger partial charge in [-0.25, -0.2) is 10.4 Å². The normalized spacial score (nSPS) is 11.3. The average molecular weight is 451 g/mol. The van der Waals surface area contributed by atoms with E-state index in [1.54, 1.807) is 24.3 Å². The smallest absolute Gasteiger partial charge is 0.250 e. The van der Waals surface area contributed by atoms with Crippen LogP contribution in [0.25, 0.3) is 11.0 Å². The molecule has 156 valence electrons. The van der Waals surface area contributed by atoms with Gasteiger partial charge in [0.2, 0.25) is 0 Å². The van der Waals surface area contributed by atoms with E-state index in [1.165, 1.54) is 18.0 Å². The number of hydrogen-bond donors (Lipinski definition) is 2. The molecule has 0 spiro atoms. The molecule has 0 saturated heterocycles. The number of halogens is 1. The van der Waals surface area contributed by atoms with Crippen LogP contribution in [0.15, 0.2) is 83.1 Å². The molecule has 0 fully saturated rings. The highest BCUT2D eigenvalue weighted by Gasteiger charge is 2.13. The number of thioether (sulfide) groups is 1. The standard InChI is InChI=1S/C23H19ClN4O2S/c24-18-9-5-17(6-10-18)14-28-21-4-2-1-3-20(21)26-23(28)31-15-22(30)27-25-13-16-7-11-19(29)12-8-16/h1-13,29H,14-15H2,(H,27,30)/b25-13+. The lowest BCUT2D eigenvalue weighted by molar-refractivity contribution is -0.118. The fraction of sp³-hybridized carbons (Fsp3) is 0.0870. The van der Waals surface area contributed by atoms with Crippen LogP contribution < -0.4 is 5.43 Å². The molecule has 0 bridgehead atoms. The molecule has 0 radical (unpaired) electrons. The summed E-state index contributed by atoms with van der Waals surface area (Å²) in [5.41, 5.74) is 6.27. The minimum absolute atomic E-state index is 0.177. The van der Waals surface area contributed by atoms with Gasteiger partial charge >= 0.3 is 0 Å². The molecule has 0 aliphatic rings. The van der Waals surface area contributed by atoms with Gasteiger partial charge in [0.25, 0.3) is 5.91 Å². The number of amides is 1. The fourth-order valence-electron chi connectivity index (χ4n) is 2.99. The average Bonchev–Trinajstić information content (AvgIpc) is 3.12. The maximum atomic E-state index is 12.2. The third kappa shape index (κ3) is 5.45. The molecule has 0 unspecified atom stereocenters. The number of phenols is 1. The van der Waals surface area contributed by atoms with E-state index < -0.39 is 0 Å². The van der Waals surface area contributed by atoms with Crippen LogP contribution in [0.1, 0.15) is 11.1 Å². The van der Waals surface area contributed by atoms with Gasteiger partial charge in [-0.3, -0.25) is 4.79 Å². The zero-order chi connectivity index (χ0) is 21.6. The topological polar surface area (TPSA) is 79.5 Å². The monoisotopic (exact) mass is 450 g/mol. The molecule has 3 aromatic carbocycles. The Morgan fingerprint density at radius 2 is 1.84 bits per heavy atom. The summed E-state index contributed by atoms with van der Waals surface area (Å²) in [6.07, 6.45) is 1.53. The molecule has 0 aliphatic heterocycles. The summed E-state index contributed by atoms with van der Waals surface area (Å²) < 4.78 is 2.09. The zero-order valence-corrected chi connectivity index (χ0v) is 18.0. The van der Waals surface area contributed by atoms with Crippen molar-refractivity contribution >= 4 is 46.5 Å². The van der Waals surface area contributed by atoms with Crippen molar-refractivity contribution in [2.75, 3.05) is 5.75 Å². The number of aromatic nitrogens is 2. The largest absolute Gasteiger partial charge is 0.508 e. The summed E-state index contributed by atoms with van der Waals surface area (Å²) in [5, 5.41) is 14.7. The van der Waals surface area contributed by atoms with Crippen LogP contribution in [0.4, 0.5) is 0 Å². The number of phenolic OH excluding ortho intramolecular Hbond substituents is 1. The Morgan fingerprint density at radius 1 is 1.10 bits per heavy atom. The number of nitrogens with one attached hydrogen (secondary N) is 1. The molecule has 31 heavy (non-hydrogen) atoms. The van der Waals surface area contributed by atoms with Gasteiger partial charge in [0, 0.05) is 5.02 Å². The molecule has 1 heterocycles. The molecule has 2 N–H and O–H groups in total. The molecule has 1 amide bonds. The van der Waals surface area contributed by atoms with Crippen LogP contribution in [0, 0.1) is 0 Å². The van der Waals surface area contributed by atoms with Gasteiger partial charge in [0.05, 0.1) is 29.5 Å². The van der Waals surface area contributed by atoms with Gasteiger partial charge < -0.3 is 9.67 Å². The number of hydrogen-bond acceptors (Lipinski definition) is 5. The summed E-state index contributed by atoms with van der Waals surface area (Å²) >= 11 is 7.36. The molecule has 0 atom stereocenters. The number of benzene rings is 3. The number of hydrazone groups is 1. The molecule has 4 rings (SSSR count). The van der Waals surface area contributed by atoms with Crippen LogP contribution in [0.3, 0.4) is 0 Å². The number of aromatic hydroxyl groups is 1. The third-order valence-corrected chi connectivity index (χ3v) is 5.73. The number of para-hydroxylation sites is 2. The van der Waals surface area contributed by atoms with E-state index in [0.29, 0.717) is 11.6 Å². The van der Waals surface area contributed by atoms with E-state index in [1.807, 2.05) is 48.5 Å². The van der Waals surface area contributed by atoms with E-state index in [-0.39, 0.29) is 17.4 Å². The van der Waals surface area contributed by atoms with Gasteiger partial charge in [0.15, 0.2) is 5.16 Å². The first-order valence-corrected chi connectivity index (χ1v) is 10.9.